The number of carbonyl (C=O) groups is 1. The van der Waals surface area contributed by atoms with Crippen LogP contribution in [0.3, 0.4) is 0 Å². The third-order valence-electron chi connectivity index (χ3n) is 6.46. The number of amides is 1. The van der Waals surface area contributed by atoms with E-state index in [-0.39, 0.29) is 6.10 Å². The summed E-state index contributed by atoms with van der Waals surface area (Å²) in [6.45, 7) is 9.98. The highest BCUT2D eigenvalue weighted by molar-refractivity contribution is 6.62. The van der Waals surface area contributed by atoms with Gasteiger partial charge in [-0.1, -0.05) is 54.6 Å². The first kappa shape index (κ1) is 23.1. The van der Waals surface area contributed by atoms with Crippen molar-refractivity contribution in [3.63, 3.8) is 0 Å². The summed E-state index contributed by atoms with van der Waals surface area (Å²) in [5.41, 5.74) is 2.78. The first-order chi connectivity index (χ1) is 15.6. The van der Waals surface area contributed by atoms with Gasteiger partial charge in [-0.3, -0.25) is 10.00 Å². The Labute approximate surface area is 195 Å². The molecule has 0 saturated carbocycles. The van der Waals surface area contributed by atoms with Gasteiger partial charge in [-0.2, -0.15) is 5.10 Å². The molecule has 1 aliphatic rings. The molecular formula is C25H30BN3O4. The van der Waals surface area contributed by atoms with Gasteiger partial charge in [-0.25, -0.2) is 4.79 Å². The molecule has 2 aromatic carbocycles. The topological polar surface area (TPSA) is 74.6 Å². The lowest BCUT2D eigenvalue weighted by Gasteiger charge is -2.32. The van der Waals surface area contributed by atoms with Crippen molar-refractivity contribution < 1.29 is 18.8 Å². The van der Waals surface area contributed by atoms with Crippen LogP contribution in [0.4, 0.5) is 10.6 Å². The van der Waals surface area contributed by atoms with Crippen molar-refractivity contribution in [3.8, 4) is 11.1 Å². The van der Waals surface area contributed by atoms with Gasteiger partial charge in [-0.15, -0.1) is 0 Å². The maximum Gasteiger partial charge on any atom is 0.494 e. The molecule has 1 aromatic heterocycles. The molecule has 1 aliphatic heterocycles. The van der Waals surface area contributed by atoms with E-state index in [1.54, 1.807) is 17.9 Å². The molecule has 4 rings (SSSR count). The molecule has 0 radical (unpaired) electrons. The van der Waals surface area contributed by atoms with Crippen molar-refractivity contribution in [1.82, 2.24) is 9.78 Å². The van der Waals surface area contributed by atoms with Crippen LogP contribution in [-0.2, 0) is 21.1 Å². The molecule has 0 aliphatic carbocycles. The van der Waals surface area contributed by atoms with Crippen LogP contribution in [0.25, 0.3) is 11.1 Å². The average Bonchev–Trinajstić information content (AvgIpc) is 3.23. The number of anilines is 1. The number of hydrogen-bond donors (Lipinski definition) is 1. The van der Waals surface area contributed by atoms with E-state index in [2.05, 4.69) is 10.4 Å². The maximum atomic E-state index is 12.6. The summed E-state index contributed by atoms with van der Waals surface area (Å²) in [7, 11) is 1.35. The number of aromatic nitrogens is 2. The molecular weight excluding hydrogens is 417 g/mol. The highest BCUT2D eigenvalue weighted by Crippen LogP contribution is 2.36. The van der Waals surface area contributed by atoms with E-state index in [1.807, 2.05) is 89.2 Å². The summed E-state index contributed by atoms with van der Waals surface area (Å²) < 4.78 is 19.4. The van der Waals surface area contributed by atoms with E-state index in [0.29, 0.717) is 5.82 Å². The number of nitrogens with zero attached hydrogens (tertiary/aromatic N) is 2. The fraction of sp³-hybridized carbons (Fsp3) is 0.360. The van der Waals surface area contributed by atoms with Gasteiger partial charge in [0.1, 0.15) is 11.9 Å². The summed E-state index contributed by atoms with van der Waals surface area (Å²) in [5, 5.41) is 7.16. The predicted molar refractivity (Wildman–Crippen MR) is 129 cm³/mol. The fourth-order valence-electron chi connectivity index (χ4n) is 3.67. The second-order valence-corrected chi connectivity index (χ2v) is 9.32. The minimum atomic E-state index is -0.537. The highest BCUT2D eigenvalue weighted by atomic mass is 16.7. The molecule has 1 unspecified atom stereocenters. The van der Waals surface area contributed by atoms with Gasteiger partial charge in [0.2, 0.25) is 0 Å². The van der Waals surface area contributed by atoms with Crippen molar-refractivity contribution in [2.24, 2.45) is 7.05 Å². The molecule has 1 amide bonds. The van der Waals surface area contributed by atoms with Crippen LogP contribution in [0.2, 0.25) is 0 Å². The minimum absolute atomic E-state index is 0.373. The SMILES string of the molecule is CC(OC(=O)Nc1c(-c2ccc(B3OC(C)(C)C(C)(C)O3)cc2)cnn1C)c1ccccc1. The Bertz CT molecular complexity index is 1110. The monoisotopic (exact) mass is 447 g/mol. The van der Waals surface area contributed by atoms with Crippen LogP contribution in [-0.4, -0.2) is 34.2 Å². The lowest BCUT2D eigenvalue weighted by molar-refractivity contribution is 0.00578. The fourth-order valence-corrected chi connectivity index (χ4v) is 3.67. The van der Waals surface area contributed by atoms with Crippen LogP contribution < -0.4 is 10.8 Å². The molecule has 1 fully saturated rings. The van der Waals surface area contributed by atoms with Crippen LogP contribution in [0.1, 0.15) is 46.3 Å². The Balaban J connectivity index is 1.48. The molecule has 172 valence electrons. The van der Waals surface area contributed by atoms with Gasteiger partial charge in [-0.05, 0) is 51.2 Å². The summed E-state index contributed by atoms with van der Waals surface area (Å²) >= 11 is 0. The predicted octanol–water partition coefficient (Wildman–Crippen LogP) is 4.70. The van der Waals surface area contributed by atoms with Crippen LogP contribution >= 0.6 is 0 Å². The first-order valence-electron chi connectivity index (χ1n) is 11.1. The van der Waals surface area contributed by atoms with Gasteiger partial charge in [0.25, 0.3) is 0 Å². The van der Waals surface area contributed by atoms with Crippen LogP contribution in [0.15, 0.2) is 60.8 Å². The van der Waals surface area contributed by atoms with Crippen LogP contribution in [0, 0.1) is 0 Å². The maximum absolute atomic E-state index is 12.6. The number of rotatable bonds is 5. The third kappa shape index (κ3) is 4.67. The number of aryl methyl sites for hydroxylation is 1. The van der Waals surface area contributed by atoms with E-state index in [4.69, 9.17) is 14.0 Å². The van der Waals surface area contributed by atoms with Crippen LogP contribution in [0.5, 0.6) is 0 Å². The molecule has 8 heteroatoms. The zero-order chi connectivity index (χ0) is 23.8. The number of hydrogen-bond acceptors (Lipinski definition) is 5. The quantitative estimate of drug-likeness (QED) is 0.575. The zero-order valence-corrected chi connectivity index (χ0v) is 20.0. The van der Waals surface area contributed by atoms with Gasteiger partial charge in [0, 0.05) is 12.6 Å². The van der Waals surface area contributed by atoms with E-state index in [9.17, 15) is 4.79 Å². The number of carbonyl (C=O) groups excluding carboxylic acids is 1. The Morgan fingerprint density at radius 2 is 1.64 bits per heavy atom. The van der Waals surface area contributed by atoms with E-state index in [1.165, 1.54) is 0 Å². The van der Waals surface area contributed by atoms with Gasteiger partial charge >= 0.3 is 13.2 Å². The molecule has 1 N–H and O–H groups in total. The van der Waals surface area contributed by atoms with Crippen molar-refractivity contribution in [2.45, 2.75) is 51.9 Å². The summed E-state index contributed by atoms with van der Waals surface area (Å²) in [4.78, 5) is 12.6. The molecule has 33 heavy (non-hydrogen) atoms. The molecule has 1 saturated heterocycles. The largest absolute Gasteiger partial charge is 0.494 e. The minimum Gasteiger partial charge on any atom is -0.441 e. The van der Waals surface area contributed by atoms with E-state index < -0.39 is 24.4 Å². The smallest absolute Gasteiger partial charge is 0.441 e. The first-order valence-corrected chi connectivity index (χ1v) is 11.1. The summed E-state index contributed by atoms with van der Waals surface area (Å²) in [5.74, 6) is 0.559. The highest BCUT2D eigenvalue weighted by Gasteiger charge is 2.51. The number of ether oxygens (including phenoxy) is 1. The van der Waals surface area contributed by atoms with E-state index in [0.717, 1.165) is 22.2 Å². The number of nitrogens with one attached hydrogen (secondary N) is 1. The summed E-state index contributed by atoms with van der Waals surface area (Å²) in [6.07, 6.45) is 0.812. The Morgan fingerprint density at radius 1 is 1.03 bits per heavy atom. The lowest BCUT2D eigenvalue weighted by Crippen LogP contribution is -2.41. The molecule has 7 nitrogen and oxygen atoms in total. The van der Waals surface area contributed by atoms with Gasteiger partial charge in [0.15, 0.2) is 0 Å². The molecule has 1 atom stereocenters. The van der Waals surface area contributed by atoms with Crippen molar-refractivity contribution in [3.05, 3.63) is 66.4 Å². The molecule has 2 heterocycles. The molecule has 0 bridgehead atoms. The van der Waals surface area contributed by atoms with Crippen molar-refractivity contribution >= 4 is 24.5 Å². The second kappa shape index (κ2) is 8.69. The number of benzene rings is 2. The average molecular weight is 447 g/mol. The Hall–Kier alpha value is -3.10. The Morgan fingerprint density at radius 3 is 2.24 bits per heavy atom. The van der Waals surface area contributed by atoms with Crippen molar-refractivity contribution in [2.75, 3.05) is 5.32 Å². The second-order valence-electron chi connectivity index (χ2n) is 9.32. The Kier molecular flexibility index (Phi) is 6.07. The van der Waals surface area contributed by atoms with Crippen molar-refractivity contribution in [1.29, 1.82) is 0 Å². The molecule has 0 spiro atoms. The van der Waals surface area contributed by atoms with E-state index >= 15 is 0 Å². The van der Waals surface area contributed by atoms with Gasteiger partial charge < -0.3 is 14.0 Å². The normalized spacial score (nSPS) is 17.6. The third-order valence-corrected chi connectivity index (χ3v) is 6.46. The molecule has 3 aromatic rings. The lowest BCUT2D eigenvalue weighted by atomic mass is 9.78. The standard InChI is InChI=1S/C25H30BN3O4/c1-17(18-10-8-7-9-11-18)31-23(30)28-22-21(16-27-29(22)6)19-12-14-20(15-13-19)26-32-24(2,3)25(4,5)33-26/h7-17H,1-6H3,(H,28,30). The van der Waals surface area contributed by atoms with Gasteiger partial charge in [0.05, 0.1) is 17.4 Å². The summed E-state index contributed by atoms with van der Waals surface area (Å²) in [6, 6.07) is 17.5. The zero-order valence-electron chi connectivity index (χ0n) is 20.0.